The van der Waals surface area contributed by atoms with Crippen LogP contribution < -0.4 is 10.6 Å². The summed E-state index contributed by atoms with van der Waals surface area (Å²) in [6.45, 7) is 5.20. The molecule has 0 unspecified atom stereocenters. The average Bonchev–Trinajstić information content (AvgIpc) is 2.91. The van der Waals surface area contributed by atoms with Gasteiger partial charge in [-0.15, -0.1) is 0 Å². The van der Waals surface area contributed by atoms with Gasteiger partial charge in [0.15, 0.2) is 0 Å². The molecule has 0 aromatic carbocycles. The Bertz CT molecular complexity index is 422. The SMILES string of the molecule is CN1CCN(c2noc(C3(N)CCOCC3)n2)CC1. The van der Waals surface area contributed by atoms with E-state index in [0.29, 0.717) is 25.1 Å². The van der Waals surface area contributed by atoms with Gasteiger partial charge in [-0.2, -0.15) is 4.98 Å². The van der Waals surface area contributed by atoms with Crippen molar-refractivity contribution in [3.05, 3.63) is 5.89 Å². The fourth-order valence-electron chi connectivity index (χ4n) is 2.50. The van der Waals surface area contributed by atoms with E-state index >= 15 is 0 Å². The number of hydrogen-bond donors (Lipinski definition) is 1. The summed E-state index contributed by atoms with van der Waals surface area (Å²) < 4.78 is 10.7. The largest absolute Gasteiger partial charge is 0.381 e. The first-order valence-electron chi connectivity index (χ1n) is 6.82. The molecule has 2 aliphatic heterocycles. The van der Waals surface area contributed by atoms with Crippen molar-refractivity contribution in [3.8, 4) is 0 Å². The van der Waals surface area contributed by atoms with Gasteiger partial charge in [-0.05, 0) is 25.0 Å². The lowest BCUT2D eigenvalue weighted by atomic mass is 9.91. The maximum atomic E-state index is 6.34. The van der Waals surface area contributed by atoms with Gasteiger partial charge in [-0.25, -0.2) is 0 Å². The summed E-state index contributed by atoms with van der Waals surface area (Å²) in [4.78, 5) is 8.94. The van der Waals surface area contributed by atoms with Gasteiger partial charge in [-0.1, -0.05) is 0 Å². The minimum atomic E-state index is -0.518. The number of hydrogen-bond acceptors (Lipinski definition) is 7. The molecule has 106 valence electrons. The Morgan fingerprint density at radius 2 is 1.84 bits per heavy atom. The molecular formula is C12H21N5O2. The van der Waals surface area contributed by atoms with Crippen LogP contribution in [0.15, 0.2) is 4.52 Å². The van der Waals surface area contributed by atoms with Crippen LogP contribution in [0.3, 0.4) is 0 Å². The molecule has 2 saturated heterocycles. The predicted octanol–water partition coefficient (Wildman–Crippen LogP) is -0.214. The number of aromatic nitrogens is 2. The number of anilines is 1. The third-order valence-corrected chi connectivity index (χ3v) is 4.01. The summed E-state index contributed by atoms with van der Waals surface area (Å²) >= 11 is 0. The molecule has 2 N–H and O–H groups in total. The van der Waals surface area contributed by atoms with Gasteiger partial charge < -0.3 is 24.8 Å². The summed E-state index contributed by atoms with van der Waals surface area (Å²) in [5, 5.41) is 4.09. The Morgan fingerprint density at radius 1 is 1.16 bits per heavy atom. The van der Waals surface area contributed by atoms with E-state index in [1.54, 1.807) is 0 Å². The molecule has 7 nitrogen and oxygen atoms in total. The van der Waals surface area contributed by atoms with Gasteiger partial charge in [0.1, 0.15) is 5.54 Å². The number of nitrogens with two attached hydrogens (primary N) is 1. The number of likely N-dealkylation sites (N-methyl/N-ethyl adjacent to an activating group) is 1. The molecule has 7 heteroatoms. The second-order valence-corrected chi connectivity index (χ2v) is 5.46. The standard InChI is InChI=1S/C12H21N5O2/c1-16-4-6-17(7-5-16)11-14-10(19-15-11)12(13)2-8-18-9-3-12/h2-9,13H2,1H3. The monoisotopic (exact) mass is 267 g/mol. The lowest BCUT2D eigenvalue weighted by Crippen LogP contribution is -2.45. The molecule has 1 aromatic heterocycles. The van der Waals surface area contributed by atoms with E-state index in [2.05, 4.69) is 27.0 Å². The molecule has 0 bridgehead atoms. The van der Waals surface area contributed by atoms with Crippen molar-refractivity contribution < 1.29 is 9.26 Å². The van der Waals surface area contributed by atoms with Crippen LogP contribution in [0.4, 0.5) is 5.95 Å². The van der Waals surface area contributed by atoms with Crippen molar-refractivity contribution >= 4 is 5.95 Å². The second-order valence-electron chi connectivity index (χ2n) is 5.46. The van der Waals surface area contributed by atoms with Crippen molar-refractivity contribution in [3.63, 3.8) is 0 Å². The summed E-state index contributed by atoms with van der Waals surface area (Å²) in [5.74, 6) is 1.21. The van der Waals surface area contributed by atoms with E-state index < -0.39 is 5.54 Å². The van der Waals surface area contributed by atoms with Crippen molar-refractivity contribution in [2.75, 3.05) is 51.3 Å². The molecule has 0 atom stereocenters. The van der Waals surface area contributed by atoms with Gasteiger partial charge in [0, 0.05) is 39.4 Å². The van der Waals surface area contributed by atoms with Crippen LogP contribution in [0.25, 0.3) is 0 Å². The second kappa shape index (κ2) is 5.07. The first-order chi connectivity index (χ1) is 9.17. The number of nitrogens with zero attached hydrogens (tertiary/aromatic N) is 4. The third-order valence-electron chi connectivity index (χ3n) is 4.01. The van der Waals surface area contributed by atoms with E-state index in [-0.39, 0.29) is 0 Å². The molecule has 0 saturated carbocycles. The smallest absolute Gasteiger partial charge is 0.266 e. The van der Waals surface area contributed by atoms with Crippen LogP contribution in [0.5, 0.6) is 0 Å². The molecule has 0 spiro atoms. The Kier molecular flexibility index (Phi) is 3.42. The normalized spacial score (nSPS) is 24.6. The average molecular weight is 267 g/mol. The summed E-state index contributed by atoms with van der Waals surface area (Å²) in [6, 6.07) is 0. The molecule has 19 heavy (non-hydrogen) atoms. The molecule has 2 aliphatic rings. The summed E-state index contributed by atoms with van der Waals surface area (Å²) in [6.07, 6.45) is 1.47. The lowest BCUT2D eigenvalue weighted by Gasteiger charge is -2.31. The third kappa shape index (κ3) is 2.58. The zero-order valence-corrected chi connectivity index (χ0v) is 11.3. The minimum absolute atomic E-state index is 0.518. The summed E-state index contributed by atoms with van der Waals surface area (Å²) in [5.41, 5.74) is 5.82. The van der Waals surface area contributed by atoms with Gasteiger partial charge in [0.2, 0.25) is 5.89 Å². The van der Waals surface area contributed by atoms with Crippen molar-refractivity contribution in [2.45, 2.75) is 18.4 Å². The Balaban J connectivity index is 1.72. The Labute approximate surface area is 112 Å². The molecule has 1 aromatic rings. The number of rotatable bonds is 2. The molecule has 3 heterocycles. The van der Waals surface area contributed by atoms with Crippen molar-refractivity contribution in [1.29, 1.82) is 0 Å². The Morgan fingerprint density at radius 3 is 2.53 bits per heavy atom. The zero-order chi connectivity index (χ0) is 13.3. The lowest BCUT2D eigenvalue weighted by molar-refractivity contribution is 0.0400. The van der Waals surface area contributed by atoms with Crippen LogP contribution in [0.2, 0.25) is 0 Å². The van der Waals surface area contributed by atoms with E-state index in [1.807, 2.05) is 0 Å². The van der Waals surface area contributed by atoms with Gasteiger partial charge >= 0.3 is 0 Å². The first-order valence-corrected chi connectivity index (χ1v) is 6.82. The number of piperazine rings is 1. The highest BCUT2D eigenvalue weighted by Crippen LogP contribution is 2.29. The van der Waals surface area contributed by atoms with Gasteiger partial charge in [0.25, 0.3) is 5.95 Å². The van der Waals surface area contributed by atoms with Crippen molar-refractivity contribution in [2.24, 2.45) is 5.73 Å². The maximum Gasteiger partial charge on any atom is 0.266 e. The molecule has 0 radical (unpaired) electrons. The molecule has 0 aliphatic carbocycles. The topological polar surface area (TPSA) is 80.7 Å². The zero-order valence-electron chi connectivity index (χ0n) is 11.3. The highest BCUT2D eigenvalue weighted by atomic mass is 16.5. The van der Waals surface area contributed by atoms with Crippen molar-refractivity contribution in [1.82, 2.24) is 15.0 Å². The Hall–Kier alpha value is -1.18. The predicted molar refractivity (Wildman–Crippen MR) is 69.9 cm³/mol. The van der Waals surface area contributed by atoms with E-state index in [4.69, 9.17) is 15.0 Å². The first kappa shape index (κ1) is 12.8. The van der Waals surface area contributed by atoms with E-state index in [1.165, 1.54) is 0 Å². The number of ether oxygens (including phenoxy) is 1. The fourth-order valence-corrected chi connectivity index (χ4v) is 2.50. The van der Waals surface area contributed by atoms with Gasteiger partial charge in [-0.3, -0.25) is 0 Å². The fraction of sp³-hybridized carbons (Fsp3) is 0.833. The molecular weight excluding hydrogens is 246 g/mol. The van der Waals surface area contributed by atoms with Crippen LogP contribution >= 0.6 is 0 Å². The van der Waals surface area contributed by atoms with E-state index in [0.717, 1.165) is 39.0 Å². The summed E-state index contributed by atoms with van der Waals surface area (Å²) in [7, 11) is 2.12. The highest BCUT2D eigenvalue weighted by Gasteiger charge is 2.36. The molecule has 2 fully saturated rings. The van der Waals surface area contributed by atoms with Crippen LogP contribution in [-0.4, -0.2) is 61.5 Å². The molecule has 3 rings (SSSR count). The van der Waals surface area contributed by atoms with E-state index in [9.17, 15) is 0 Å². The molecule has 0 amide bonds. The van der Waals surface area contributed by atoms with Gasteiger partial charge in [0.05, 0.1) is 0 Å². The van der Waals surface area contributed by atoms with Crippen LogP contribution in [0.1, 0.15) is 18.7 Å². The quantitative estimate of drug-likeness (QED) is 0.793. The highest BCUT2D eigenvalue weighted by molar-refractivity contribution is 5.29. The maximum absolute atomic E-state index is 6.34. The minimum Gasteiger partial charge on any atom is -0.381 e. The van der Waals surface area contributed by atoms with Crippen LogP contribution in [-0.2, 0) is 10.3 Å². The van der Waals surface area contributed by atoms with Crippen LogP contribution in [0, 0.1) is 0 Å².